The minimum atomic E-state index is -6.00. The van der Waals surface area contributed by atoms with Gasteiger partial charge in [0.2, 0.25) is 5.84 Å². The molecule has 2 nitrogen and oxygen atoms in total. The highest BCUT2D eigenvalue weighted by atomic mass is 19.5. The number of amidine groups is 1. The van der Waals surface area contributed by atoms with Crippen LogP contribution in [0.25, 0.3) is 0 Å². The molecule has 0 aliphatic carbocycles. The molecule has 1 unspecified atom stereocenters. The van der Waals surface area contributed by atoms with Gasteiger partial charge >= 0.3 is 7.25 Å². The Balaban J connectivity index is 0.000000385. The van der Waals surface area contributed by atoms with E-state index in [9.17, 15) is 17.3 Å². The second-order valence-corrected chi connectivity index (χ2v) is 3.81. The number of halogens is 4. The van der Waals surface area contributed by atoms with Gasteiger partial charge in [-0.2, -0.15) is 0 Å². The van der Waals surface area contributed by atoms with E-state index in [0.717, 1.165) is 4.48 Å². The first-order valence-corrected chi connectivity index (χ1v) is 5.14. The number of quaternary nitrogens is 1. The van der Waals surface area contributed by atoms with Gasteiger partial charge in [0.1, 0.15) is 6.20 Å². The molecule has 0 aromatic heterocycles. The molecule has 0 spiro atoms. The number of aliphatic imine (C=N–C) groups is 1. The molecule has 16 heavy (non-hydrogen) atoms. The molecule has 0 bridgehead atoms. The van der Waals surface area contributed by atoms with E-state index in [0.29, 0.717) is 0 Å². The molecule has 94 valence electrons. The molecule has 0 N–H and O–H groups in total. The summed E-state index contributed by atoms with van der Waals surface area (Å²) in [5.74, 6) is 1.21. The van der Waals surface area contributed by atoms with Gasteiger partial charge in [0.05, 0.1) is 19.8 Å². The van der Waals surface area contributed by atoms with E-state index in [1.807, 2.05) is 6.20 Å². The van der Waals surface area contributed by atoms with Crippen molar-refractivity contribution in [1.29, 1.82) is 0 Å². The van der Waals surface area contributed by atoms with Crippen molar-refractivity contribution in [3.63, 3.8) is 0 Å². The van der Waals surface area contributed by atoms with E-state index in [1.54, 1.807) is 0 Å². The van der Waals surface area contributed by atoms with E-state index in [-0.39, 0.29) is 0 Å². The summed E-state index contributed by atoms with van der Waals surface area (Å²) in [4.78, 5) is 4.25. The highest BCUT2D eigenvalue weighted by Crippen LogP contribution is 2.14. The van der Waals surface area contributed by atoms with Crippen molar-refractivity contribution in [1.82, 2.24) is 0 Å². The molecule has 1 aliphatic rings. The first-order chi connectivity index (χ1) is 7.19. The molecule has 1 atom stereocenters. The minimum absolute atomic E-state index is 0.911. The summed E-state index contributed by atoms with van der Waals surface area (Å²) in [5.41, 5.74) is 0. The van der Waals surface area contributed by atoms with Gasteiger partial charge in [0, 0.05) is 6.92 Å². The standard InChI is InChI=1S/C9H17N2.BF4/c1-4-5-7-11(3)8-6-10-9(11)2;2-1(3,4)5/h6,8H,4-5,7H2,1-3H3;/q+1;-1. The Hall–Kier alpha value is -0.845. The molecule has 1 heterocycles. The third-order valence-corrected chi connectivity index (χ3v) is 2.37. The van der Waals surface area contributed by atoms with Crippen LogP contribution in [0.4, 0.5) is 17.3 Å². The SMILES string of the molecule is CCCC[N+]1(C)C=CN=C1C.F[B-](F)(F)F. The minimum Gasteiger partial charge on any atom is -0.418 e. The first-order valence-electron chi connectivity index (χ1n) is 5.14. The number of hydrogen-bond acceptors (Lipinski definition) is 1. The number of hydrogen-bond donors (Lipinski definition) is 0. The second-order valence-electron chi connectivity index (χ2n) is 3.81. The smallest absolute Gasteiger partial charge is 0.418 e. The third-order valence-electron chi connectivity index (χ3n) is 2.37. The van der Waals surface area contributed by atoms with Gasteiger partial charge in [0.15, 0.2) is 0 Å². The molecule has 0 aromatic rings. The van der Waals surface area contributed by atoms with Crippen LogP contribution in [0.5, 0.6) is 0 Å². The molecule has 0 aromatic carbocycles. The van der Waals surface area contributed by atoms with Gasteiger partial charge in [-0.05, 0) is 6.42 Å². The lowest BCUT2D eigenvalue weighted by atomic mass is 10.3. The zero-order chi connectivity index (χ0) is 12.8. The monoisotopic (exact) mass is 240 g/mol. The fourth-order valence-corrected chi connectivity index (χ4v) is 1.25. The van der Waals surface area contributed by atoms with E-state index in [1.165, 1.54) is 25.2 Å². The van der Waals surface area contributed by atoms with Gasteiger partial charge in [-0.1, -0.05) is 13.3 Å². The van der Waals surface area contributed by atoms with Crippen molar-refractivity contribution in [2.45, 2.75) is 26.7 Å². The topological polar surface area (TPSA) is 12.4 Å². The Bertz CT molecular complexity index is 269. The molecule has 0 fully saturated rings. The van der Waals surface area contributed by atoms with E-state index >= 15 is 0 Å². The van der Waals surface area contributed by atoms with Crippen LogP contribution < -0.4 is 0 Å². The zero-order valence-corrected chi connectivity index (χ0v) is 9.76. The summed E-state index contributed by atoms with van der Waals surface area (Å²) in [7, 11) is -3.79. The maximum absolute atomic E-state index is 9.75. The van der Waals surface area contributed by atoms with E-state index in [2.05, 4.69) is 32.1 Å². The zero-order valence-electron chi connectivity index (χ0n) is 9.76. The summed E-state index contributed by atoms with van der Waals surface area (Å²) in [6.07, 6.45) is 6.60. The van der Waals surface area contributed by atoms with Crippen molar-refractivity contribution in [2.75, 3.05) is 13.6 Å². The van der Waals surface area contributed by atoms with Gasteiger partial charge in [-0.3, -0.25) is 4.48 Å². The van der Waals surface area contributed by atoms with Crippen molar-refractivity contribution in [3.8, 4) is 0 Å². The molecular formula is C9H17BF4N2. The van der Waals surface area contributed by atoms with E-state index in [4.69, 9.17) is 0 Å². The number of unbranched alkanes of at least 4 members (excludes halogenated alkanes) is 1. The maximum atomic E-state index is 9.75. The largest absolute Gasteiger partial charge is 0.673 e. The van der Waals surface area contributed by atoms with Crippen molar-refractivity contribution >= 4 is 13.1 Å². The number of nitrogens with zero attached hydrogens (tertiary/aromatic N) is 2. The van der Waals surface area contributed by atoms with Crippen LogP contribution >= 0.6 is 0 Å². The molecule has 0 radical (unpaired) electrons. The predicted molar refractivity (Wildman–Crippen MR) is 58.4 cm³/mol. The Morgan fingerprint density at radius 3 is 2.12 bits per heavy atom. The van der Waals surface area contributed by atoms with Gasteiger partial charge in [0.25, 0.3) is 0 Å². The normalized spacial score (nSPS) is 23.8. The summed E-state index contributed by atoms with van der Waals surface area (Å²) < 4.78 is 39.9. The van der Waals surface area contributed by atoms with Crippen molar-refractivity contribution in [2.24, 2.45) is 4.99 Å². The maximum Gasteiger partial charge on any atom is 0.673 e. The highest BCUT2D eigenvalue weighted by molar-refractivity contribution is 6.50. The molecule has 1 aliphatic heterocycles. The van der Waals surface area contributed by atoms with Crippen LogP contribution in [0, 0.1) is 0 Å². The summed E-state index contributed by atoms with van der Waals surface area (Å²) in [5, 5.41) is 0. The van der Waals surface area contributed by atoms with Crippen molar-refractivity contribution < 1.29 is 21.7 Å². The lowest BCUT2D eigenvalue weighted by molar-refractivity contribution is -0.764. The molecule has 0 saturated carbocycles. The first kappa shape index (κ1) is 15.2. The molecule has 0 saturated heterocycles. The summed E-state index contributed by atoms with van der Waals surface area (Å²) >= 11 is 0. The van der Waals surface area contributed by atoms with E-state index < -0.39 is 7.25 Å². The van der Waals surface area contributed by atoms with Gasteiger partial charge < -0.3 is 17.3 Å². The Kier molecular flexibility index (Phi) is 5.71. The highest BCUT2D eigenvalue weighted by Gasteiger charge is 2.25. The lowest BCUT2D eigenvalue weighted by Gasteiger charge is -2.25. The van der Waals surface area contributed by atoms with Crippen LogP contribution in [-0.4, -0.2) is 31.2 Å². The van der Waals surface area contributed by atoms with Crippen LogP contribution in [0.15, 0.2) is 17.4 Å². The van der Waals surface area contributed by atoms with Gasteiger partial charge in [-0.25, -0.2) is 4.99 Å². The molecular weight excluding hydrogens is 223 g/mol. The van der Waals surface area contributed by atoms with Crippen LogP contribution in [0.1, 0.15) is 26.7 Å². The van der Waals surface area contributed by atoms with Crippen LogP contribution in [-0.2, 0) is 0 Å². The lowest BCUT2D eigenvalue weighted by Crippen LogP contribution is -2.41. The van der Waals surface area contributed by atoms with Gasteiger partial charge in [-0.15, -0.1) is 0 Å². The molecule has 0 amide bonds. The number of rotatable bonds is 3. The third kappa shape index (κ3) is 6.60. The second kappa shape index (κ2) is 6.03. The average molecular weight is 240 g/mol. The molecule has 7 heteroatoms. The average Bonchev–Trinajstić information content (AvgIpc) is 2.42. The quantitative estimate of drug-likeness (QED) is 0.407. The Morgan fingerprint density at radius 1 is 1.31 bits per heavy atom. The fourth-order valence-electron chi connectivity index (χ4n) is 1.25. The van der Waals surface area contributed by atoms with Crippen molar-refractivity contribution in [3.05, 3.63) is 12.4 Å². The molecule has 1 rings (SSSR count). The fraction of sp³-hybridized carbons (Fsp3) is 0.667. The van der Waals surface area contributed by atoms with Crippen LogP contribution in [0.3, 0.4) is 0 Å². The Labute approximate surface area is 93.4 Å². The predicted octanol–water partition coefficient (Wildman–Crippen LogP) is 3.44. The summed E-state index contributed by atoms with van der Waals surface area (Å²) in [6, 6.07) is 0. The summed E-state index contributed by atoms with van der Waals surface area (Å²) in [6.45, 7) is 5.50. The van der Waals surface area contributed by atoms with Crippen LogP contribution in [0.2, 0.25) is 0 Å². The Morgan fingerprint density at radius 2 is 1.81 bits per heavy atom.